The van der Waals surface area contributed by atoms with Gasteiger partial charge in [0, 0.05) is 10.3 Å². The van der Waals surface area contributed by atoms with Gasteiger partial charge in [0.05, 0.1) is 0 Å². The van der Waals surface area contributed by atoms with Crippen LogP contribution in [-0.4, -0.2) is 4.98 Å². The second-order valence-corrected chi connectivity index (χ2v) is 9.42. The van der Waals surface area contributed by atoms with Crippen molar-refractivity contribution in [3.05, 3.63) is 12.5 Å². The van der Waals surface area contributed by atoms with E-state index in [-0.39, 0.29) is 0 Å². The summed E-state index contributed by atoms with van der Waals surface area (Å²) in [6.45, 7) is 7.01. The second-order valence-electron chi connectivity index (χ2n) is 5.92. The SMILES string of the molecule is CCCCCCC(C)(CCCCC)c1sc(I)nc1Br. The van der Waals surface area contributed by atoms with Gasteiger partial charge in [-0.25, -0.2) is 4.98 Å². The van der Waals surface area contributed by atoms with Gasteiger partial charge in [-0.2, -0.15) is 0 Å². The quantitative estimate of drug-likeness (QED) is 0.257. The molecule has 0 bridgehead atoms. The van der Waals surface area contributed by atoms with Crippen LogP contribution in [0.25, 0.3) is 0 Å². The third-order valence-electron chi connectivity index (χ3n) is 4.02. The van der Waals surface area contributed by atoms with Gasteiger partial charge >= 0.3 is 0 Å². The van der Waals surface area contributed by atoms with Gasteiger partial charge in [-0.3, -0.25) is 0 Å². The summed E-state index contributed by atoms with van der Waals surface area (Å²) in [5.74, 6) is 0. The summed E-state index contributed by atoms with van der Waals surface area (Å²) in [5.41, 5.74) is 0.308. The summed E-state index contributed by atoms with van der Waals surface area (Å²) in [5, 5.41) is 0. The molecular formula is C16H27BrINS. The maximum absolute atomic E-state index is 4.57. The Bertz CT molecular complexity index is 394. The number of hydrogen-bond donors (Lipinski definition) is 0. The molecule has 1 rings (SSSR count). The highest BCUT2D eigenvalue weighted by Crippen LogP contribution is 2.42. The average molecular weight is 472 g/mol. The van der Waals surface area contributed by atoms with Gasteiger partial charge in [0.1, 0.15) is 4.60 Å². The molecule has 1 heterocycles. The van der Waals surface area contributed by atoms with Gasteiger partial charge in [-0.15, -0.1) is 11.3 Å². The van der Waals surface area contributed by atoms with E-state index in [2.05, 4.69) is 64.3 Å². The molecule has 1 nitrogen and oxygen atoms in total. The summed E-state index contributed by atoms with van der Waals surface area (Å²) in [6.07, 6.45) is 12.0. The van der Waals surface area contributed by atoms with Crippen molar-refractivity contribution in [3.8, 4) is 0 Å². The lowest BCUT2D eigenvalue weighted by atomic mass is 9.79. The van der Waals surface area contributed by atoms with Crippen LogP contribution in [0.15, 0.2) is 4.60 Å². The highest BCUT2D eigenvalue weighted by atomic mass is 127. The van der Waals surface area contributed by atoms with Crippen molar-refractivity contribution in [2.75, 3.05) is 0 Å². The topological polar surface area (TPSA) is 12.9 Å². The van der Waals surface area contributed by atoms with Crippen LogP contribution in [0.5, 0.6) is 0 Å². The van der Waals surface area contributed by atoms with E-state index in [4.69, 9.17) is 0 Å². The van der Waals surface area contributed by atoms with Gasteiger partial charge in [0.25, 0.3) is 0 Å². The van der Waals surface area contributed by atoms with Crippen molar-refractivity contribution in [1.82, 2.24) is 4.98 Å². The van der Waals surface area contributed by atoms with Crippen LogP contribution in [0.3, 0.4) is 0 Å². The van der Waals surface area contributed by atoms with Crippen molar-refractivity contribution in [2.24, 2.45) is 0 Å². The summed E-state index contributed by atoms with van der Waals surface area (Å²) in [7, 11) is 0. The first kappa shape index (κ1) is 18.9. The first-order valence-electron chi connectivity index (χ1n) is 7.85. The van der Waals surface area contributed by atoms with Gasteiger partial charge in [-0.05, 0) is 51.4 Å². The molecule has 0 fully saturated rings. The molecule has 0 radical (unpaired) electrons. The van der Waals surface area contributed by atoms with Crippen LogP contribution in [0, 0.1) is 3.01 Å². The van der Waals surface area contributed by atoms with Crippen molar-refractivity contribution in [3.63, 3.8) is 0 Å². The molecule has 1 aromatic rings. The molecule has 0 saturated heterocycles. The Morgan fingerprint density at radius 2 is 1.60 bits per heavy atom. The molecule has 1 atom stereocenters. The van der Waals surface area contributed by atoms with Crippen molar-refractivity contribution < 1.29 is 0 Å². The van der Waals surface area contributed by atoms with Gasteiger partial charge in [0.2, 0.25) is 0 Å². The minimum absolute atomic E-state index is 0.308. The van der Waals surface area contributed by atoms with Crippen LogP contribution < -0.4 is 0 Å². The normalized spacial score (nSPS) is 14.4. The number of nitrogens with zero attached hydrogens (tertiary/aromatic N) is 1. The zero-order valence-electron chi connectivity index (χ0n) is 13.0. The minimum atomic E-state index is 0.308. The zero-order chi connectivity index (χ0) is 15.0. The lowest BCUT2D eigenvalue weighted by molar-refractivity contribution is 0.370. The third kappa shape index (κ3) is 5.91. The van der Waals surface area contributed by atoms with Crippen LogP contribution >= 0.6 is 49.9 Å². The van der Waals surface area contributed by atoms with E-state index in [1.54, 1.807) is 0 Å². The van der Waals surface area contributed by atoms with E-state index in [9.17, 15) is 0 Å². The monoisotopic (exact) mass is 471 g/mol. The molecule has 0 aromatic carbocycles. The Balaban J connectivity index is 2.74. The molecule has 0 aliphatic carbocycles. The molecule has 116 valence electrons. The largest absolute Gasteiger partial charge is 0.223 e. The number of rotatable bonds is 10. The van der Waals surface area contributed by atoms with E-state index in [1.807, 2.05) is 11.3 Å². The molecule has 0 spiro atoms. The van der Waals surface area contributed by atoms with E-state index >= 15 is 0 Å². The molecule has 4 heteroatoms. The molecule has 0 N–H and O–H groups in total. The number of unbranched alkanes of at least 4 members (excludes halogenated alkanes) is 5. The molecular weight excluding hydrogens is 445 g/mol. The zero-order valence-corrected chi connectivity index (χ0v) is 17.5. The number of thiazole rings is 1. The predicted molar refractivity (Wildman–Crippen MR) is 103 cm³/mol. The van der Waals surface area contributed by atoms with Crippen LogP contribution in [0.4, 0.5) is 0 Å². The highest BCUT2D eigenvalue weighted by molar-refractivity contribution is 14.1. The maximum atomic E-state index is 4.57. The molecule has 0 saturated carbocycles. The molecule has 1 aromatic heterocycles. The Labute approximate surface area is 150 Å². The molecule has 0 aliphatic heterocycles. The van der Waals surface area contributed by atoms with Gasteiger partial charge < -0.3 is 0 Å². The highest BCUT2D eigenvalue weighted by Gasteiger charge is 2.30. The Morgan fingerprint density at radius 1 is 1.05 bits per heavy atom. The van der Waals surface area contributed by atoms with E-state index in [1.165, 1.54) is 62.7 Å². The first-order valence-corrected chi connectivity index (χ1v) is 10.5. The molecule has 20 heavy (non-hydrogen) atoms. The van der Waals surface area contributed by atoms with E-state index in [0.29, 0.717) is 5.41 Å². The lowest BCUT2D eigenvalue weighted by Gasteiger charge is -2.29. The van der Waals surface area contributed by atoms with Crippen molar-refractivity contribution in [1.29, 1.82) is 0 Å². The number of hydrogen-bond acceptors (Lipinski definition) is 2. The van der Waals surface area contributed by atoms with Gasteiger partial charge in [-0.1, -0.05) is 65.7 Å². The smallest absolute Gasteiger partial charge is 0.155 e. The summed E-state index contributed by atoms with van der Waals surface area (Å²) in [6, 6.07) is 0. The Morgan fingerprint density at radius 3 is 2.10 bits per heavy atom. The predicted octanol–water partition coefficient (Wildman–Crippen LogP) is 7.32. The second kappa shape index (κ2) is 9.78. The third-order valence-corrected chi connectivity index (χ3v) is 6.91. The van der Waals surface area contributed by atoms with E-state index < -0.39 is 0 Å². The standard InChI is InChI=1S/C16H27BrINS/c1-4-6-8-10-12-16(3,11-9-7-5-2)13-14(17)19-15(18)20-13/h4-12H2,1-3H3. The first-order chi connectivity index (χ1) is 9.53. The van der Waals surface area contributed by atoms with E-state index in [0.717, 1.165) is 7.62 Å². The fourth-order valence-corrected chi connectivity index (χ4v) is 5.84. The number of halogens is 2. The Kier molecular flexibility index (Phi) is 9.23. The molecule has 0 amide bonds. The minimum Gasteiger partial charge on any atom is -0.223 e. The van der Waals surface area contributed by atoms with Crippen LogP contribution in [-0.2, 0) is 5.41 Å². The summed E-state index contributed by atoms with van der Waals surface area (Å²) >= 11 is 7.89. The van der Waals surface area contributed by atoms with Crippen molar-refractivity contribution in [2.45, 2.75) is 84.0 Å². The van der Waals surface area contributed by atoms with Gasteiger partial charge in [0.15, 0.2) is 3.01 Å². The maximum Gasteiger partial charge on any atom is 0.155 e. The van der Waals surface area contributed by atoms with Crippen molar-refractivity contribution >= 4 is 49.9 Å². The molecule has 1 unspecified atom stereocenters. The lowest BCUT2D eigenvalue weighted by Crippen LogP contribution is -2.21. The molecule has 0 aliphatic rings. The summed E-state index contributed by atoms with van der Waals surface area (Å²) in [4.78, 5) is 6.04. The average Bonchev–Trinajstić information content (AvgIpc) is 2.75. The number of aromatic nitrogens is 1. The fraction of sp³-hybridized carbons (Fsp3) is 0.812. The fourth-order valence-electron chi connectivity index (χ4n) is 2.71. The Hall–Kier alpha value is 0.840. The summed E-state index contributed by atoms with van der Waals surface area (Å²) < 4.78 is 2.24. The van der Waals surface area contributed by atoms with Crippen LogP contribution in [0.2, 0.25) is 0 Å². The van der Waals surface area contributed by atoms with Crippen LogP contribution in [0.1, 0.15) is 83.4 Å².